The highest BCUT2D eigenvalue weighted by molar-refractivity contribution is 7.00. The summed E-state index contributed by atoms with van der Waals surface area (Å²) in [5.74, 6) is 0. The summed E-state index contributed by atoms with van der Waals surface area (Å²) in [4.78, 5) is 2.52. The van der Waals surface area contributed by atoms with Gasteiger partial charge in [-0.1, -0.05) is 123 Å². The number of hydrogen-bond acceptors (Lipinski definition) is 1. The zero-order chi connectivity index (χ0) is 32.2. The first-order chi connectivity index (χ1) is 24.1. The predicted octanol–water partition coefficient (Wildman–Crippen LogP) is 9.13. The van der Waals surface area contributed by atoms with Crippen LogP contribution in [0.2, 0.25) is 0 Å². The van der Waals surface area contributed by atoms with Crippen LogP contribution in [0, 0.1) is 0 Å². The van der Waals surface area contributed by atoms with Crippen molar-refractivity contribution in [3.8, 4) is 11.4 Å². The number of anilines is 3. The molecule has 0 bridgehead atoms. The number of aromatic nitrogens is 2. The Bertz CT molecular complexity index is 2750. The van der Waals surface area contributed by atoms with Crippen molar-refractivity contribution in [2.75, 3.05) is 4.90 Å². The summed E-state index contributed by atoms with van der Waals surface area (Å²) in [6.45, 7) is 4.85. The lowest BCUT2D eigenvalue weighted by Gasteiger charge is -2.43. The van der Waals surface area contributed by atoms with Gasteiger partial charge in [0.15, 0.2) is 0 Å². The maximum atomic E-state index is 2.57. The molecule has 0 aliphatic carbocycles. The van der Waals surface area contributed by atoms with Crippen molar-refractivity contribution in [2.45, 2.75) is 19.3 Å². The number of fused-ring (bicyclic) bond motifs is 12. The van der Waals surface area contributed by atoms with Gasteiger partial charge >= 0.3 is 0 Å². The Balaban J connectivity index is 1.30. The molecule has 5 heterocycles. The molecule has 0 amide bonds. The van der Waals surface area contributed by atoms with Gasteiger partial charge in [-0.3, -0.25) is 0 Å². The van der Waals surface area contributed by atoms with E-state index in [2.05, 4.69) is 173 Å². The van der Waals surface area contributed by atoms with E-state index in [4.69, 9.17) is 0 Å². The lowest BCUT2D eigenvalue weighted by molar-refractivity contribution is 0.632. The maximum absolute atomic E-state index is 2.57. The fourth-order valence-corrected chi connectivity index (χ4v) is 9.89. The zero-order valence-corrected chi connectivity index (χ0v) is 27.3. The molecule has 9 aromatic rings. The Morgan fingerprint density at radius 2 is 0.898 bits per heavy atom. The highest BCUT2D eigenvalue weighted by atomic mass is 15.2. The highest BCUT2D eigenvalue weighted by Gasteiger charge is 2.42. The Morgan fingerprint density at radius 3 is 1.43 bits per heavy atom. The Hall–Kier alpha value is -6.00. The number of rotatable bonds is 1. The highest BCUT2D eigenvalue weighted by Crippen LogP contribution is 2.52. The predicted molar refractivity (Wildman–Crippen MR) is 207 cm³/mol. The van der Waals surface area contributed by atoms with Gasteiger partial charge in [0.1, 0.15) is 0 Å². The fraction of sp³-hybridized carbons (Fsp3) is 0.0667. The van der Waals surface area contributed by atoms with E-state index in [1.807, 2.05) is 0 Å². The number of para-hydroxylation sites is 6. The van der Waals surface area contributed by atoms with Crippen LogP contribution in [0.4, 0.5) is 17.1 Å². The third-order valence-corrected chi connectivity index (χ3v) is 11.9. The monoisotopic (exact) mass is 623 g/mol. The van der Waals surface area contributed by atoms with Crippen molar-refractivity contribution in [1.82, 2.24) is 9.13 Å². The second kappa shape index (κ2) is 8.72. The largest absolute Gasteiger partial charge is 0.310 e. The van der Waals surface area contributed by atoms with Crippen LogP contribution in [0.5, 0.6) is 0 Å². The molecule has 0 N–H and O–H groups in total. The van der Waals surface area contributed by atoms with Gasteiger partial charge in [-0.15, -0.1) is 0 Å². The minimum absolute atomic E-state index is 0.124. The first-order valence-corrected chi connectivity index (χ1v) is 17.3. The van der Waals surface area contributed by atoms with Gasteiger partial charge in [0, 0.05) is 49.4 Å². The maximum Gasteiger partial charge on any atom is 0.252 e. The Labute approximate surface area is 284 Å². The van der Waals surface area contributed by atoms with E-state index >= 15 is 0 Å². The van der Waals surface area contributed by atoms with Crippen LogP contribution in [0.3, 0.4) is 0 Å². The van der Waals surface area contributed by atoms with Gasteiger partial charge in [0.25, 0.3) is 6.71 Å². The van der Waals surface area contributed by atoms with Crippen molar-refractivity contribution in [3.05, 3.63) is 157 Å². The first kappa shape index (κ1) is 26.0. The molecule has 228 valence electrons. The molecular weight excluding hydrogens is 593 g/mol. The lowest BCUT2D eigenvalue weighted by atomic mass is 9.34. The summed E-state index contributed by atoms with van der Waals surface area (Å²) >= 11 is 0. The van der Waals surface area contributed by atoms with Crippen LogP contribution < -0.4 is 21.3 Å². The van der Waals surface area contributed by atoms with E-state index in [0.29, 0.717) is 0 Å². The molecule has 7 aromatic carbocycles. The molecule has 0 atom stereocenters. The van der Waals surface area contributed by atoms with E-state index in [1.165, 1.54) is 99.6 Å². The molecule has 3 nitrogen and oxygen atoms in total. The van der Waals surface area contributed by atoms with Gasteiger partial charge in [0.05, 0.1) is 28.1 Å². The molecule has 12 rings (SSSR count). The summed E-state index contributed by atoms with van der Waals surface area (Å²) in [5.41, 5.74) is 18.1. The quantitative estimate of drug-likeness (QED) is 0.166. The zero-order valence-electron chi connectivity index (χ0n) is 27.3. The minimum atomic E-state index is -0.124. The molecule has 0 radical (unpaired) electrons. The summed E-state index contributed by atoms with van der Waals surface area (Å²) in [5, 5.41) is 5.24. The third kappa shape index (κ3) is 2.99. The smallest absolute Gasteiger partial charge is 0.252 e. The van der Waals surface area contributed by atoms with E-state index in [-0.39, 0.29) is 12.1 Å². The molecule has 2 aromatic heterocycles. The van der Waals surface area contributed by atoms with Gasteiger partial charge < -0.3 is 14.0 Å². The molecule has 4 heteroatoms. The number of benzene rings is 7. The van der Waals surface area contributed by atoms with E-state index in [0.717, 1.165) is 0 Å². The van der Waals surface area contributed by atoms with Crippen LogP contribution >= 0.6 is 0 Å². The fourth-order valence-electron chi connectivity index (χ4n) is 9.89. The van der Waals surface area contributed by atoms with Crippen LogP contribution in [-0.2, 0) is 5.41 Å². The molecule has 3 aliphatic rings. The van der Waals surface area contributed by atoms with Crippen molar-refractivity contribution >= 4 is 83.8 Å². The standard InChI is InChI=1S/C45H30BN3/c1-45(2)32-17-5-9-23-38(32)47(39-24-10-6-18-33(39)45)27-25-40-42-41(26-27)49-37-22-8-4-14-29(37)31-16-12-20-35(44(31)49)46(42)34-19-11-15-30-28-13-3-7-21-36(28)48(40)43(30)34/h3-26H,1-2H3. The summed E-state index contributed by atoms with van der Waals surface area (Å²) in [6.07, 6.45) is 0. The van der Waals surface area contributed by atoms with Crippen LogP contribution in [-0.4, -0.2) is 15.8 Å². The van der Waals surface area contributed by atoms with Gasteiger partial charge in [-0.05, 0) is 63.9 Å². The SMILES string of the molecule is CC1(C)c2ccccc2N(c2cc3c4c(c2)-n2c5ccccc5c5cccc(c52)B4c2cccc4c5ccccc5n-3c24)c2ccccc21. The summed E-state index contributed by atoms with van der Waals surface area (Å²) < 4.78 is 5.14. The molecule has 0 saturated heterocycles. The Kier molecular flexibility index (Phi) is 4.63. The molecule has 0 unspecified atom stereocenters. The van der Waals surface area contributed by atoms with Crippen molar-refractivity contribution in [3.63, 3.8) is 0 Å². The van der Waals surface area contributed by atoms with Crippen LogP contribution in [0.15, 0.2) is 146 Å². The average molecular weight is 624 g/mol. The number of hydrogen-bond donors (Lipinski definition) is 0. The van der Waals surface area contributed by atoms with Crippen molar-refractivity contribution in [2.24, 2.45) is 0 Å². The van der Waals surface area contributed by atoms with Gasteiger partial charge in [-0.25, -0.2) is 0 Å². The lowest BCUT2D eigenvalue weighted by Crippen LogP contribution is -2.59. The Morgan fingerprint density at radius 1 is 0.449 bits per heavy atom. The van der Waals surface area contributed by atoms with Gasteiger partial charge in [-0.2, -0.15) is 0 Å². The molecular formula is C45H30BN3. The first-order valence-electron chi connectivity index (χ1n) is 17.3. The molecule has 0 spiro atoms. The molecule has 0 saturated carbocycles. The topological polar surface area (TPSA) is 13.1 Å². The minimum Gasteiger partial charge on any atom is -0.310 e. The molecule has 49 heavy (non-hydrogen) atoms. The van der Waals surface area contributed by atoms with Crippen molar-refractivity contribution in [1.29, 1.82) is 0 Å². The van der Waals surface area contributed by atoms with E-state index in [9.17, 15) is 0 Å². The molecule has 0 fully saturated rings. The number of nitrogens with zero attached hydrogens (tertiary/aromatic N) is 3. The second-order valence-corrected chi connectivity index (χ2v) is 14.5. The second-order valence-electron chi connectivity index (χ2n) is 14.5. The van der Waals surface area contributed by atoms with Gasteiger partial charge in [0.2, 0.25) is 0 Å². The summed E-state index contributed by atoms with van der Waals surface area (Å²) in [7, 11) is 0. The van der Waals surface area contributed by atoms with Crippen LogP contribution in [0.25, 0.3) is 55.0 Å². The molecule has 3 aliphatic heterocycles. The third-order valence-electron chi connectivity index (χ3n) is 11.9. The average Bonchev–Trinajstić information content (AvgIpc) is 3.67. The summed E-state index contributed by atoms with van der Waals surface area (Å²) in [6, 6.07) is 54.8. The van der Waals surface area contributed by atoms with Crippen LogP contribution in [0.1, 0.15) is 25.0 Å². The normalized spacial score (nSPS) is 14.8. The van der Waals surface area contributed by atoms with Crippen molar-refractivity contribution < 1.29 is 0 Å². The van der Waals surface area contributed by atoms with E-state index < -0.39 is 0 Å². The van der Waals surface area contributed by atoms with E-state index in [1.54, 1.807) is 0 Å².